The molecule has 29 heavy (non-hydrogen) atoms. The minimum atomic E-state index is -0.468. The van der Waals surface area contributed by atoms with Crippen molar-refractivity contribution in [1.29, 1.82) is 0 Å². The third-order valence-electron chi connectivity index (χ3n) is 4.20. The Morgan fingerprint density at radius 2 is 1.03 bits per heavy atom. The summed E-state index contributed by atoms with van der Waals surface area (Å²) in [5, 5.41) is 0. The van der Waals surface area contributed by atoms with Crippen molar-refractivity contribution in [1.82, 2.24) is 0 Å². The molecule has 1 aromatic heterocycles. The van der Waals surface area contributed by atoms with E-state index < -0.39 is 11.9 Å². The summed E-state index contributed by atoms with van der Waals surface area (Å²) in [6.45, 7) is 0. The monoisotopic (exact) mass is 388 g/mol. The van der Waals surface area contributed by atoms with Crippen molar-refractivity contribution in [3.05, 3.63) is 95.4 Å². The fraction of sp³-hybridized carbons (Fsp3) is 0.0833. The summed E-state index contributed by atoms with van der Waals surface area (Å²) in [4.78, 5) is 24.4. The highest BCUT2D eigenvalue weighted by Crippen LogP contribution is 2.24. The van der Waals surface area contributed by atoms with Crippen LogP contribution in [0.15, 0.2) is 77.2 Å². The Hall–Kier alpha value is -3.86. The maximum absolute atomic E-state index is 12.2. The second-order valence-corrected chi connectivity index (χ2v) is 6.07. The normalized spacial score (nSPS) is 11.8. The molecule has 0 saturated carbocycles. The molecule has 3 rings (SSSR count). The first-order valence-electron chi connectivity index (χ1n) is 8.93. The Bertz CT molecular complexity index is 959. The second-order valence-electron chi connectivity index (χ2n) is 6.07. The van der Waals surface area contributed by atoms with Gasteiger partial charge in [-0.2, -0.15) is 0 Å². The van der Waals surface area contributed by atoms with Crippen LogP contribution in [0, 0.1) is 0 Å². The first-order chi connectivity index (χ1) is 14.1. The molecule has 0 atom stereocenters. The third kappa shape index (κ3) is 4.90. The molecule has 5 heteroatoms. The van der Waals surface area contributed by atoms with Crippen molar-refractivity contribution < 1.29 is 23.5 Å². The lowest BCUT2D eigenvalue weighted by Crippen LogP contribution is -2.03. The van der Waals surface area contributed by atoms with Gasteiger partial charge in [0.1, 0.15) is 11.5 Å². The largest absolute Gasteiger partial charge is 0.465 e. The van der Waals surface area contributed by atoms with Crippen LogP contribution in [0.3, 0.4) is 0 Å². The molecular formula is C24H20O5. The Balaban J connectivity index is 1.98. The van der Waals surface area contributed by atoms with E-state index >= 15 is 0 Å². The number of rotatable bonds is 6. The molecule has 0 amide bonds. The van der Waals surface area contributed by atoms with Gasteiger partial charge in [-0.3, -0.25) is 0 Å². The number of esters is 2. The van der Waals surface area contributed by atoms with Gasteiger partial charge in [0.15, 0.2) is 0 Å². The molecule has 0 spiro atoms. The smallest absolute Gasteiger partial charge is 0.338 e. The van der Waals surface area contributed by atoms with Gasteiger partial charge in [0.25, 0.3) is 0 Å². The van der Waals surface area contributed by atoms with Crippen molar-refractivity contribution in [3.63, 3.8) is 0 Å². The van der Waals surface area contributed by atoms with Crippen molar-refractivity contribution in [2.75, 3.05) is 14.2 Å². The van der Waals surface area contributed by atoms with Gasteiger partial charge in [0, 0.05) is 0 Å². The average Bonchev–Trinajstić information content (AvgIpc) is 3.23. The molecule has 0 unspecified atom stereocenters. The topological polar surface area (TPSA) is 65.7 Å². The van der Waals surface area contributed by atoms with Crippen LogP contribution < -0.4 is 0 Å². The SMILES string of the molecule is COC(=O)/C(=C\c1ccc(/C=C(/C(=O)OC)c2ccccc2)o1)c1ccccc1. The first kappa shape index (κ1) is 19.9. The highest BCUT2D eigenvalue weighted by molar-refractivity contribution is 6.22. The van der Waals surface area contributed by atoms with Gasteiger partial charge in [-0.15, -0.1) is 0 Å². The van der Waals surface area contributed by atoms with Crippen LogP contribution in [0.25, 0.3) is 23.3 Å². The number of carbonyl (C=O) groups excluding carboxylic acids is 2. The van der Waals surface area contributed by atoms with E-state index in [9.17, 15) is 9.59 Å². The molecule has 1 heterocycles. The average molecular weight is 388 g/mol. The van der Waals surface area contributed by atoms with Crippen LogP contribution >= 0.6 is 0 Å². The minimum Gasteiger partial charge on any atom is -0.465 e. The molecule has 0 radical (unpaired) electrons. The van der Waals surface area contributed by atoms with Crippen LogP contribution in [0.4, 0.5) is 0 Å². The van der Waals surface area contributed by atoms with E-state index in [0.29, 0.717) is 33.8 Å². The molecule has 0 N–H and O–H groups in total. The van der Waals surface area contributed by atoms with Gasteiger partial charge < -0.3 is 13.9 Å². The lowest BCUT2D eigenvalue weighted by molar-refractivity contribution is -0.134. The highest BCUT2D eigenvalue weighted by Gasteiger charge is 2.15. The summed E-state index contributed by atoms with van der Waals surface area (Å²) >= 11 is 0. The summed E-state index contributed by atoms with van der Waals surface area (Å²) in [5.41, 5.74) is 2.17. The van der Waals surface area contributed by atoms with Crippen LogP contribution in [-0.4, -0.2) is 26.2 Å². The Labute approximate surface area is 168 Å². The van der Waals surface area contributed by atoms with Crippen LogP contribution in [0.2, 0.25) is 0 Å². The van der Waals surface area contributed by atoms with E-state index in [-0.39, 0.29) is 0 Å². The van der Waals surface area contributed by atoms with Crippen LogP contribution in [0.1, 0.15) is 22.6 Å². The van der Waals surface area contributed by atoms with E-state index in [1.165, 1.54) is 14.2 Å². The Morgan fingerprint density at radius 3 is 1.38 bits per heavy atom. The number of methoxy groups -OCH3 is 2. The van der Waals surface area contributed by atoms with E-state index in [4.69, 9.17) is 13.9 Å². The summed E-state index contributed by atoms with van der Waals surface area (Å²) in [6.07, 6.45) is 3.22. The maximum Gasteiger partial charge on any atom is 0.338 e. The lowest BCUT2D eigenvalue weighted by Gasteiger charge is -2.05. The van der Waals surface area contributed by atoms with E-state index in [0.717, 1.165) is 0 Å². The standard InChI is InChI=1S/C24H20O5/c1-27-23(25)21(17-9-5-3-6-10-17)15-19-13-14-20(29-19)16-22(24(26)28-2)18-11-7-4-8-12-18/h3-16H,1-2H3/b21-15-,22-16+. The summed E-state index contributed by atoms with van der Waals surface area (Å²) in [7, 11) is 2.66. The van der Waals surface area contributed by atoms with E-state index in [2.05, 4.69) is 0 Å². The van der Waals surface area contributed by atoms with Gasteiger partial charge in [0.2, 0.25) is 0 Å². The van der Waals surface area contributed by atoms with E-state index in [1.54, 1.807) is 24.3 Å². The Morgan fingerprint density at radius 1 is 0.655 bits per heavy atom. The third-order valence-corrected chi connectivity index (χ3v) is 4.20. The van der Waals surface area contributed by atoms with Crippen molar-refractivity contribution in [2.24, 2.45) is 0 Å². The van der Waals surface area contributed by atoms with Crippen molar-refractivity contribution in [2.45, 2.75) is 0 Å². The molecule has 2 aromatic carbocycles. The lowest BCUT2D eigenvalue weighted by atomic mass is 10.1. The predicted molar refractivity (Wildman–Crippen MR) is 111 cm³/mol. The summed E-state index contributed by atoms with van der Waals surface area (Å²) < 4.78 is 15.6. The minimum absolute atomic E-state index is 0.370. The molecule has 0 fully saturated rings. The van der Waals surface area contributed by atoms with Crippen LogP contribution in [-0.2, 0) is 19.1 Å². The molecule has 0 aliphatic heterocycles. The van der Waals surface area contributed by atoms with Crippen molar-refractivity contribution in [3.8, 4) is 0 Å². The number of benzene rings is 2. The summed E-state index contributed by atoms with van der Waals surface area (Å²) in [5.74, 6) is -0.0241. The molecular weight excluding hydrogens is 368 g/mol. The number of hydrogen-bond donors (Lipinski definition) is 0. The number of ether oxygens (including phenoxy) is 2. The maximum atomic E-state index is 12.2. The Kier molecular flexibility index (Phi) is 6.43. The molecule has 146 valence electrons. The first-order valence-corrected chi connectivity index (χ1v) is 8.93. The summed E-state index contributed by atoms with van der Waals surface area (Å²) in [6, 6.07) is 21.8. The second kappa shape index (κ2) is 9.37. The predicted octanol–water partition coefficient (Wildman–Crippen LogP) is 4.71. The molecule has 0 bridgehead atoms. The molecule has 0 saturated heterocycles. The van der Waals surface area contributed by atoms with Gasteiger partial charge in [0.05, 0.1) is 25.4 Å². The van der Waals surface area contributed by atoms with Crippen LogP contribution in [0.5, 0.6) is 0 Å². The molecule has 3 aromatic rings. The molecule has 0 aliphatic carbocycles. The number of hydrogen-bond acceptors (Lipinski definition) is 5. The van der Waals surface area contributed by atoms with Gasteiger partial charge in [-0.05, 0) is 35.4 Å². The highest BCUT2D eigenvalue weighted by atomic mass is 16.5. The van der Waals surface area contributed by atoms with Gasteiger partial charge in [-0.25, -0.2) is 9.59 Å². The number of furan rings is 1. The zero-order chi connectivity index (χ0) is 20.6. The zero-order valence-electron chi connectivity index (χ0n) is 16.1. The molecule has 0 aliphatic rings. The van der Waals surface area contributed by atoms with Gasteiger partial charge in [-0.1, -0.05) is 60.7 Å². The zero-order valence-corrected chi connectivity index (χ0v) is 16.1. The van der Waals surface area contributed by atoms with E-state index in [1.807, 2.05) is 60.7 Å². The fourth-order valence-corrected chi connectivity index (χ4v) is 2.78. The quantitative estimate of drug-likeness (QED) is 0.452. The van der Waals surface area contributed by atoms with Crippen molar-refractivity contribution >= 4 is 35.2 Å². The fourth-order valence-electron chi connectivity index (χ4n) is 2.78. The number of carbonyl (C=O) groups is 2. The molecule has 5 nitrogen and oxygen atoms in total. The van der Waals surface area contributed by atoms with Gasteiger partial charge >= 0.3 is 11.9 Å².